The first kappa shape index (κ1) is 23.8. The Kier molecular flexibility index (Phi) is 12.1. The quantitative estimate of drug-likeness (QED) is 0.332. The molecular weight excluding hydrogens is 460 g/mol. The number of hydrogen-bond acceptors (Lipinski definition) is 2. The summed E-state index contributed by atoms with van der Waals surface area (Å²) >= 11 is 12.1. The fourth-order valence-electron chi connectivity index (χ4n) is 2.46. The van der Waals surface area contributed by atoms with Crippen LogP contribution in [0, 0.1) is 0 Å². The van der Waals surface area contributed by atoms with Crippen molar-refractivity contribution in [2.75, 3.05) is 26.2 Å². The van der Waals surface area contributed by atoms with Gasteiger partial charge in [-0.1, -0.05) is 37.0 Å². The zero-order valence-corrected chi connectivity index (χ0v) is 19.0. The minimum atomic E-state index is 0. The van der Waals surface area contributed by atoms with Gasteiger partial charge in [-0.2, -0.15) is 0 Å². The van der Waals surface area contributed by atoms with E-state index in [4.69, 9.17) is 23.2 Å². The second-order valence-corrected chi connectivity index (χ2v) is 6.24. The van der Waals surface area contributed by atoms with Crippen LogP contribution in [0.5, 0.6) is 0 Å². The van der Waals surface area contributed by atoms with Crippen molar-refractivity contribution in [2.45, 2.75) is 40.3 Å². The molecule has 2 N–H and O–H groups in total. The molecule has 0 aliphatic heterocycles. The molecule has 0 fully saturated rings. The van der Waals surface area contributed by atoms with E-state index in [0.29, 0.717) is 22.8 Å². The van der Waals surface area contributed by atoms with Gasteiger partial charge < -0.3 is 15.2 Å². The van der Waals surface area contributed by atoms with Gasteiger partial charge in [-0.25, -0.2) is 4.99 Å². The number of aromatic nitrogens is 1. The summed E-state index contributed by atoms with van der Waals surface area (Å²) < 4.78 is 1.86. The van der Waals surface area contributed by atoms with Crippen molar-refractivity contribution in [1.82, 2.24) is 20.1 Å². The maximum atomic E-state index is 6.09. The zero-order valence-electron chi connectivity index (χ0n) is 15.2. The Morgan fingerprint density at radius 2 is 1.88 bits per heavy atom. The van der Waals surface area contributed by atoms with Crippen LogP contribution >= 0.6 is 47.2 Å². The van der Waals surface area contributed by atoms with Crippen molar-refractivity contribution in [3.05, 3.63) is 21.9 Å². The van der Waals surface area contributed by atoms with Gasteiger partial charge in [-0.15, -0.1) is 24.0 Å². The standard InChI is InChI=1S/C16H29Cl2N5.HI/c1-6-19-16(20-10-12(4)23(7-2)8-3)21-11-13-9-14(17)15(18)22(13)5;/h9,12H,6-8,10-11H2,1-5H3,(H2,19,20,21);1H. The molecule has 140 valence electrons. The largest absolute Gasteiger partial charge is 0.357 e. The topological polar surface area (TPSA) is 44.6 Å². The third-order valence-electron chi connectivity index (χ3n) is 3.96. The van der Waals surface area contributed by atoms with Gasteiger partial charge in [-0.3, -0.25) is 4.90 Å². The number of nitrogens with one attached hydrogen (secondary N) is 2. The van der Waals surface area contributed by atoms with Crippen LogP contribution in [-0.4, -0.2) is 47.6 Å². The number of nitrogens with zero attached hydrogens (tertiary/aromatic N) is 3. The normalized spacial score (nSPS) is 12.9. The summed E-state index contributed by atoms with van der Waals surface area (Å²) in [6.45, 7) is 12.9. The maximum Gasteiger partial charge on any atom is 0.191 e. The summed E-state index contributed by atoms with van der Waals surface area (Å²) in [4.78, 5) is 7.03. The van der Waals surface area contributed by atoms with Crippen molar-refractivity contribution in [2.24, 2.45) is 12.0 Å². The molecule has 0 amide bonds. The predicted molar refractivity (Wildman–Crippen MR) is 116 cm³/mol. The highest BCUT2D eigenvalue weighted by Crippen LogP contribution is 2.25. The van der Waals surface area contributed by atoms with E-state index >= 15 is 0 Å². The van der Waals surface area contributed by atoms with E-state index < -0.39 is 0 Å². The van der Waals surface area contributed by atoms with Crippen LogP contribution in [0.1, 0.15) is 33.4 Å². The molecule has 8 heteroatoms. The summed E-state index contributed by atoms with van der Waals surface area (Å²) in [5.74, 6) is 0.806. The number of guanidine groups is 1. The number of likely N-dealkylation sites (N-methyl/N-ethyl adjacent to an activating group) is 1. The van der Waals surface area contributed by atoms with E-state index in [1.807, 2.05) is 17.7 Å². The van der Waals surface area contributed by atoms with Gasteiger partial charge in [-0.05, 0) is 33.0 Å². The van der Waals surface area contributed by atoms with Crippen molar-refractivity contribution < 1.29 is 0 Å². The fourth-order valence-corrected chi connectivity index (χ4v) is 2.88. The van der Waals surface area contributed by atoms with Crippen LogP contribution in [0.4, 0.5) is 0 Å². The van der Waals surface area contributed by atoms with E-state index in [2.05, 4.69) is 48.2 Å². The summed E-state index contributed by atoms with van der Waals surface area (Å²) in [6, 6.07) is 2.31. The van der Waals surface area contributed by atoms with Crippen LogP contribution in [0.3, 0.4) is 0 Å². The van der Waals surface area contributed by atoms with Crippen LogP contribution < -0.4 is 10.6 Å². The first-order chi connectivity index (χ1) is 10.9. The Labute approximate surface area is 173 Å². The smallest absolute Gasteiger partial charge is 0.191 e. The third-order valence-corrected chi connectivity index (χ3v) is 4.80. The third kappa shape index (κ3) is 6.98. The van der Waals surface area contributed by atoms with E-state index in [0.717, 1.165) is 37.8 Å². The molecule has 24 heavy (non-hydrogen) atoms. The lowest BCUT2D eigenvalue weighted by molar-refractivity contribution is 0.231. The lowest BCUT2D eigenvalue weighted by atomic mass is 10.3. The molecule has 1 heterocycles. The molecule has 1 atom stereocenters. The highest BCUT2D eigenvalue weighted by atomic mass is 127. The SMILES string of the molecule is CCNC(=NCc1cc(Cl)c(Cl)n1C)NCC(C)N(CC)CC.I. The zero-order chi connectivity index (χ0) is 17.4. The Hall–Kier alpha value is -0.180. The minimum absolute atomic E-state index is 0. The molecule has 0 radical (unpaired) electrons. The van der Waals surface area contributed by atoms with E-state index in [1.165, 1.54) is 0 Å². The molecule has 5 nitrogen and oxygen atoms in total. The highest BCUT2D eigenvalue weighted by molar-refractivity contribution is 14.0. The maximum absolute atomic E-state index is 6.09. The Morgan fingerprint density at radius 1 is 1.25 bits per heavy atom. The van der Waals surface area contributed by atoms with E-state index in [-0.39, 0.29) is 24.0 Å². The Morgan fingerprint density at radius 3 is 2.33 bits per heavy atom. The molecule has 0 saturated carbocycles. The molecule has 1 rings (SSSR count). The molecule has 1 aromatic heterocycles. The van der Waals surface area contributed by atoms with E-state index in [1.54, 1.807) is 0 Å². The molecule has 1 unspecified atom stereocenters. The summed E-state index contributed by atoms with van der Waals surface area (Å²) in [5.41, 5.74) is 0.981. The van der Waals surface area contributed by atoms with Gasteiger partial charge >= 0.3 is 0 Å². The number of hydrogen-bond donors (Lipinski definition) is 2. The minimum Gasteiger partial charge on any atom is -0.357 e. The van der Waals surface area contributed by atoms with Gasteiger partial charge in [0, 0.05) is 31.9 Å². The number of rotatable bonds is 8. The monoisotopic (exact) mass is 489 g/mol. The van der Waals surface area contributed by atoms with Crippen molar-refractivity contribution in [3.8, 4) is 0 Å². The van der Waals surface area contributed by atoms with Crippen LogP contribution in [0.15, 0.2) is 11.1 Å². The molecule has 1 aromatic rings. The number of aliphatic imine (C=N–C) groups is 1. The second kappa shape index (κ2) is 12.2. The van der Waals surface area contributed by atoms with Gasteiger partial charge in [0.1, 0.15) is 5.15 Å². The highest BCUT2D eigenvalue weighted by Gasteiger charge is 2.11. The molecular formula is C16H30Cl2IN5. The molecule has 0 aliphatic rings. The van der Waals surface area contributed by atoms with Crippen molar-refractivity contribution in [1.29, 1.82) is 0 Å². The van der Waals surface area contributed by atoms with Gasteiger partial charge in [0.2, 0.25) is 0 Å². The van der Waals surface area contributed by atoms with Crippen molar-refractivity contribution in [3.63, 3.8) is 0 Å². The Bertz CT molecular complexity index is 515. The van der Waals surface area contributed by atoms with Crippen LogP contribution in [0.25, 0.3) is 0 Å². The second-order valence-electron chi connectivity index (χ2n) is 5.48. The molecule has 0 spiro atoms. The average Bonchev–Trinajstić information content (AvgIpc) is 2.78. The summed E-state index contributed by atoms with van der Waals surface area (Å²) in [7, 11) is 1.89. The van der Waals surface area contributed by atoms with Gasteiger partial charge in [0.05, 0.1) is 11.6 Å². The van der Waals surface area contributed by atoms with Gasteiger partial charge in [0.15, 0.2) is 5.96 Å². The summed E-state index contributed by atoms with van der Waals surface area (Å²) in [5, 5.41) is 7.78. The Balaban J connectivity index is 0.00000529. The van der Waals surface area contributed by atoms with Crippen molar-refractivity contribution >= 4 is 53.1 Å². The molecule has 0 aliphatic carbocycles. The molecule has 0 aromatic carbocycles. The average molecular weight is 490 g/mol. The van der Waals surface area contributed by atoms with Crippen LogP contribution in [-0.2, 0) is 13.6 Å². The first-order valence-electron chi connectivity index (χ1n) is 8.20. The lowest BCUT2D eigenvalue weighted by Gasteiger charge is -2.27. The first-order valence-corrected chi connectivity index (χ1v) is 8.95. The van der Waals surface area contributed by atoms with Crippen LogP contribution in [0.2, 0.25) is 10.2 Å². The lowest BCUT2D eigenvalue weighted by Crippen LogP contribution is -2.46. The number of halogens is 3. The predicted octanol–water partition coefficient (Wildman–Crippen LogP) is 3.74. The van der Waals surface area contributed by atoms with Gasteiger partial charge in [0.25, 0.3) is 0 Å². The summed E-state index contributed by atoms with van der Waals surface area (Å²) in [6.07, 6.45) is 0. The molecule has 0 bridgehead atoms. The fraction of sp³-hybridized carbons (Fsp3) is 0.688. The molecule has 0 saturated heterocycles. The van der Waals surface area contributed by atoms with E-state index in [9.17, 15) is 0 Å².